The number of amides is 2. The molecule has 2 rings (SSSR count). The molecule has 1 aliphatic heterocycles. The van der Waals surface area contributed by atoms with Crippen molar-refractivity contribution in [2.45, 2.75) is 18.8 Å². The monoisotopic (exact) mass is 276 g/mol. The molecule has 6 heteroatoms. The van der Waals surface area contributed by atoms with E-state index in [9.17, 15) is 14.4 Å². The van der Waals surface area contributed by atoms with Gasteiger partial charge in [0.25, 0.3) is 0 Å². The van der Waals surface area contributed by atoms with E-state index in [-0.39, 0.29) is 24.3 Å². The smallest absolute Gasteiger partial charge is 0.323 e. The number of carboxylic acids is 1. The lowest BCUT2D eigenvalue weighted by Gasteiger charge is -2.22. The molecule has 20 heavy (non-hydrogen) atoms. The lowest BCUT2D eigenvalue weighted by atomic mass is 9.90. The average Bonchev–Trinajstić information content (AvgIpc) is 2.38. The van der Waals surface area contributed by atoms with Crippen molar-refractivity contribution in [1.82, 2.24) is 5.32 Å². The fourth-order valence-corrected chi connectivity index (χ4v) is 2.27. The van der Waals surface area contributed by atoms with Gasteiger partial charge >= 0.3 is 5.97 Å². The Hall–Kier alpha value is -2.37. The van der Waals surface area contributed by atoms with Crippen LogP contribution in [0.25, 0.3) is 0 Å². The second-order valence-corrected chi connectivity index (χ2v) is 4.85. The first-order valence-corrected chi connectivity index (χ1v) is 6.34. The number of hydrogen-bond acceptors (Lipinski definition) is 4. The van der Waals surface area contributed by atoms with Crippen LogP contribution in [0.3, 0.4) is 0 Å². The summed E-state index contributed by atoms with van der Waals surface area (Å²) >= 11 is 0. The van der Waals surface area contributed by atoms with Gasteiger partial charge in [-0.3, -0.25) is 19.7 Å². The topological polar surface area (TPSA) is 86.7 Å². The normalized spacial score (nSPS) is 18.6. The Balaban J connectivity index is 2.10. The summed E-state index contributed by atoms with van der Waals surface area (Å²) < 4.78 is 0. The molecule has 0 bridgehead atoms. The lowest BCUT2D eigenvalue weighted by Crippen LogP contribution is -2.39. The highest BCUT2D eigenvalue weighted by Crippen LogP contribution is 2.26. The molecule has 0 spiro atoms. The van der Waals surface area contributed by atoms with Crippen molar-refractivity contribution >= 4 is 23.5 Å². The summed E-state index contributed by atoms with van der Waals surface area (Å²) in [6.07, 6.45) is 0.853. The second kappa shape index (κ2) is 5.73. The van der Waals surface area contributed by atoms with Crippen LogP contribution >= 0.6 is 0 Å². The molecule has 2 amide bonds. The predicted molar refractivity (Wildman–Crippen MR) is 72.5 cm³/mol. The summed E-state index contributed by atoms with van der Waals surface area (Å²) in [6, 6.07) is 7.16. The van der Waals surface area contributed by atoms with Crippen molar-refractivity contribution < 1.29 is 19.5 Å². The zero-order valence-electron chi connectivity index (χ0n) is 11.1. The van der Waals surface area contributed by atoms with E-state index in [2.05, 4.69) is 5.32 Å². The van der Waals surface area contributed by atoms with E-state index < -0.39 is 5.97 Å². The molecule has 6 nitrogen and oxygen atoms in total. The van der Waals surface area contributed by atoms with Crippen molar-refractivity contribution in [3.8, 4) is 0 Å². The van der Waals surface area contributed by atoms with Crippen LogP contribution in [0.4, 0.5) is 5.69 Å². The molecule has 0 aromatic heterocycles. The Morgan fingerprint density at radius 2 is 2.00 bits per heavy atom. The molecule has 1 aromatic rings. The Labute approximate surface area is 116 Å². The summed E-state index contributed by atoms with van der Waals surface area (Å²) in [4.78, 5) is 35.1. The molecule has 0 saturated carbocycles. The van der Waals surface area contributed by atoms with Gasteiger partial charge in [-0.1, -0.05) is 12.1 Å². The van der Waals surface area contributed by atoms with E-state index in [0.717, 1.165) is 11.3 Å². The number of carboxylic acid groups (broad SMARTS) is 1. The van der Waals surface area contributed by atoms with E-state index in [1.807, 2.05) is 0 Å². The highest BCUT2D eigenvalue weighted by atomic mass is 16.4. The van der Waals surface area contributed by atoms with Crippen LogP contribution in [-0.2, 0) is 14.4 Å². The van der Waals surface area contributed by atoms with Gasteiger partial charge in [0.1, 0.15) is 6.54 Å². The molecule has 0 aliphatic carbocycles. The van der Waals surface area contributed by atoms with Gasteiger partial charge in [-0.05, 0) is 24.1 Å². The quantitative estimate of drug-likeness (QED) is 0.792. The molecule has 1 atom stereocenters. The van der Waals surface area contributed by atoms with E-state index >= 15 is 0 Å². The number of nitrogens with one attached hydrogen (secondary N) is 1. The summed E-state index contributed by atoms with van der Waals surface area (Å²) in [5.41, 5.74) is 1.60. The summed E-state index contributed by atoms with van der Waals surface area (Å²) in [7, 11) is 1.69. The van der Waals surface area contributed by atoms with Crippen LogP contribution in [0.5, 0.6) is 0 Å². The van der Waals surface area contributed by atoms with Crippen LogP contribution in [0.2, 0.25) is 0 Å². The second-order valence-electron chi connectivity index (χ2n) is 4.85. The molecule has 1 saturated heterocycles. The Bertz CT molecular complexity index is 539. The SMILES string of the molecule is CN(CC(=O)O)c1ccc(C2CCC(=O)NC2=O)cc1. The number of likely N-dealkylation sites (N-methyl/N-ethyl adjacent to an activating group) is 1. The van der Waals surface area contributed by atoms with Gasteiger partial charge in [0.05, 0.1) is 5.92 Å². The minimum Gasteiger partial charge on any atom is -0.480 e. The number of hydrogen-bond donors (Lipinski definition) is 2. The van der Waals surface area contributed by atoms with Crippen molar-refractivity contribution in [1.29, 1.82) is 0 Å². The standard InChI is InChI=1S/C14H16N2O4/c1-16(8-13(18)19)10-4-2-9(3-5-10)11-6-7-12(17)15-14(11)20/h2-5,11H,6-8H2,1H3,(H,18,19)(H,15,17,20). The fourth-order valence-electron chi connectivity index (χ4n) is 2.27. The van der Waals surface area contributed by atoms with Crippen molar-refractivity contribution in [2.24, 2.45) is 0 Å². The Morgan fingerprint density at radius 3 is 2.55 bits per heavy atom. The van der Waals surface area contributed by atoms with Crippen molar-refractivity contribution in [3.05, 3.63) is 29.8 Å². The van der Waals surface area contributed by atoms with Crippen LogP contribution in [0.1, 0.15) is 24.3 Å². The maximum absolute atomic E-state index is 11.7. The first-order chi connectivity index (χ1) is 9.47. The number of carbonyl (C=O) groups is 3. The number of imide groups is 1. The predicted octanol–water partition coefficient (Wildman–Crippen LogP) is 0.728. The van der Waals surface area contributed by atoms with Crippen LogP contribution in [0, 0.1) is 0 Å². The first-order valence-electron chi connectivity index (χ1n) is 6.34. The Morgan fingerprint density at radius 1 is 1.35 bits per heavy atom. The molecule has 1 aromatic carbocycles. The number of benzene rings is 1. The zero-order chi connectivity index (χ0) is 14.7. The van der Waals surface area contributed by atoms with Gasteiger partial charge in [-0.15, -0.1) is 0 Å². The van der Waals surface area contributed by atoms with E-state index in [0.29, 0.717) is 12.8 Å². The minimum absolute atomic E-state index is 0.0856. The summed E-state index contributed by atoms with van der Waals surface area (Å²) in [6.45, 7) is -0.0856. The molecular weight excluding hydrogens is 260 g/mol. The fraction of sp³-hybridized carbons (Fsp3) is 0.357. The first kappa shape index (κ1) is 14.0. The van der Waals surface area contributed by atoms with E-state index in [1.165, 1.54) is 0 Å². The average molecular weight is 276 g/mol. The zero-order valence-corrected chi connectivity index (χ0v) is 11.1. The molecule has 1 fully saturated rings. The number of rotatable bonds is 4. The van der Waals surface area contributed by atoms with E-state index in [4.69, 9.17) is 5.11 Å². The van der Waals surface area contributed by atoms with Crippen LogP contribution in [-0.4, -0.2) is 36.5 Å². The van der Waals surface area contributed by atoms with Crippen LogP contribution < -0.4 is 10.2 Å². The lowest BCUT2D eigenvalue weighted by molar-refractivity contribution is -0.136. The maximum Gasteiger partial charge on any atom is 0.323 e. The molecule has 106 valence electrons. The molecule has 0 radical (unpaired) electrons. The highest BCUT2D eigenvalue weighted by molar-refractivity contribution is 6.00. The van der Waals surface area contributed by atoms with Gasteiger partial charge in [0.2, 0.25) is 11.8 Å². The minimum atomic E-state index is -0.901. The molecular formula is C14H16N2O4. The number of anilines is 1. The van der Waals surface area contributed by atoms with Crippen LogP contribution in [0.15, 0.2) is 24.3 Å². The number of aliphatic carboxylic acids is 1. The third-order valence-electron chi connectivity index (χ3n) is 3.35. The Kier molecular flexibility index (Phi) is 4.02. The number of carbonyl (C=O) groups excluding carboxylic acids is 2. The molecule has 1 heterocycles. The molecule has 1 unspecified atom stereocenters. The van der Waals surface area contributed by atoms with Gasteiger partial charge in [0.15, 0.2) is 0 Å². The van der Waals surface area contributed by atoms with Crippen molar-refractivity contribution in [2.75, 3.05) is 18.5 Å². The van der Waals surface area contributed by atoms with Gasteiger partial charge in [-0.25, -0.2) is 0 Å². The highest BCUT2D eigenvalue weighted by Gasteiger charge is 2.27. The third kappa shape index (κ3) is 3.14. The number of piperidine rings is 1. The summed E-state index contributed by atoms with van der Waals surface area (Å²) in [5, 5.41) is 11.1. The third-order valence-corrected chi connectivity index (χ3v) is 3.35. The summed E-state index contributed by atoms with van der Waals surface area (Å²) in [5.74, 6) is -1.72. The maximum atomic E-state index is 11.7. The van der Waals surface area contributed by atoms with Crippen molar-refractivity contribution in [3.63, 3.8) is 0 Å². The van der Waals surface area contributed by atoms with Gasteiger partial charge in [-0.2, -0.15) is 0 Å². The molecule has 2 N–H and O–H groups in total. The van der Waals surface area contributed by atoms with E-state index in [1.54, 1.807) is 36.2 Å². The largest absolute Gasteiger partial charge is 0.480 e. The number of nitrogens with zero attached hydrogens (tertiary/aromatic N) is 1. The molecule has 1 aliphatic rings. The van der Waals surface area contributed by atoms with Gasteiger partial charge < -0.3 is 10.0 Å². The van der Waals surface area contributed by atoms with Gasteiger partial charge in [0, 0.05) is 19.2 Å².